The molecule has 0 aliphatic heterocycles. The molecule has 84 heavy (non-hydrogen) atoms. The van der Waals surface area contributed by atoms with Crippen LogP contribution in [0.15, 0.2) is 231 Å². The highest BCUT2D eigenvalue weighted by Crippen LogP contribution is 2.55. The molecule has 0 nitrogen and oxygen atoms in total. The Morgan fingerprint density at radius 2 is 0.631 bits per heavy atom. The zero-order valence-corrected chi connectivity index (χ0v) is 52.9. The summed E-state index contributed by atoms with van der Waals surface area (Å²) in [6.07, 6.45) is 9.20. The van der Waals surface area contributed by atoms with Crippen LogP contribution >= 0.6 is 0 Å². The van der Waals surface area contributed by atoms with E-state index in [-0.39, 0.29) is 10.8 Å². The van der Waals surface area contributed by atoms with Gasteiger partial charge in [-0.05, 0) is 177 Å². The largest absolute Gasteiger partial charge is 0.0775 e. The van der Waals surface area contributed by atoms with E-state index >= 15 is 0 Å². The molecule has 0 bridgehead atoms. The van der Waals surface area contributed by atoms with Gasteiger partial charge >= 0.3 is 0 Å². The van der Waals surface area contributed by atoms with Crippen LogP contribution in [-0.2, 0) is 10.8 Å². The summed E-state index contributed by atoms with van der Waals surface area (Å²) in [4.78, 5) is 0. The van der Waals surface area contributed by atoms with E-state index in [4.69, 9.17) is 0 Å². The minimum absolute atomic E-state index is 0.0113. The summed E-state index contributed by atoms with van der Waals surface area (Å²) in [6.45, 7) is 24.0. The quantitative estimate of drug-likeness (QED) is 0.0578. The predicted molar refractivity (Wildman–Crippen MR) is 372 cm³/mol. The third-order valence-corrected chi connectivity index (χ3v) is 23.8. The van der Waals surface area contributed by atoms with E-state index in [1.54, 1.807) is 0 Å². The Hall–Kier alpha value is -8.15. The Bertz CT molecular complexity index is 4320. The third-order valence-electron chi connectivity index (χ3n) is 19.6. The molecule has 11 aromatic rings. The molecular formula is C82H78Si2. The molecule has 0 atom stereocenters. The lowest BCUT2D eigenvalue weighted by Crippen LogP contribution is -2.37. The van der Waals surface area contributed by atoms with Gasteiger partial charge in [-0.25, -0.2) is 0 Å². The van der Waals surface area contributed by atoms with Crippen molar-refractivity contribution in [3.8, 4) is 44.5 Å². The van der Waals surface area contributed by atoms with Gasteiger partial charge in [-0.3, -0.25) is 0 Å². The smallest absolute Gasteiger partial charge is 0.0656 e. The zero-order valence-electron chi connectivity index (χ0n) is 50.9. The van der Waals surface area contributed by atoms with Gasteiger partial charge in [-0.15, -0.1) is 0 Å². The highest BCUT2D eigenvalue weighted by Gasteiger charge is 2.41. The van der Waals surface area contributed by atoms with Crippen molar-refractivity contribution in [2.75, 3.05) is 0 Å². The first-order valence-electron chi connectivity index (χ1n) is 31.0. The van der Waals surface area contributed by atoms with Gasteiger partial charge in [0.05, 0.1) is 16.1 Å². The molecule has 0 N–H and O–H groups in total. The van der Waals surface area contributed by atoms with E-state index < -0.39 is 16.1 Å². The molecule has 0 aromatic heterocycles. The monoisotopic (exact) mass is 1120 g/mol. The van der Waals surface area contributed by atoms with E-state index in [0.29, 0.717) is 0 Å². The van der Waals surface area contributed by atoms with Crippen LogP contribution < -0.4 is 10.4 Å². The number of hydrogen-bond donors (Lipinski definition) is 0. The van der Waals surface area contributed by atoms with Crippen molar-refractivity contribution in [1.29, 1.82) is 0 Å². The summed E-state index contributed by atoms with van der Waals surface area (Å²) in [7, 11) is -3.01. The second-order valence-electron chi connectivity index (χ2n) is 26.0. The predicted octanol–water partition coefficient (Wildman–Crippen LogP) is 21.8. The maximum Gasteiger partial charge on any atom is 0.0775 e. The fourth-order valence-corrected chi connectivity index (χ4v) is 17.2. The molecule has 0 spiro atoms. The first kappa shape index (κ1) is 55.1. The standard InChI is InChI=1S/C82H78Si2/c1-11-81(12-2)76-30-22-20-24-66(76)74-53-55(32-50-77(74)81)51-72(59-41-45-63(46-42-59)83(5,6)7)57-33-37-61(38-34-57)79-68-25-15-17-27-70(68)80(71-28-18-16-26-69(71)79)62-39-35-58(36-40-62)73(60-43-47-64(48-44-60)84(8,9)10)52-56-31-49-67-65-23-19-21-29-75(65)82(13-3,14-4)78(67)54-56/h15-54H,11-14H2,1-10H3. The molecule has 11 aromatic carbocycles. The zero-order chi connectivity index (χ0) is 58.1. The molecule has 2 aliphatic rings. The second kappa shape index (κ2) is 21.5. The topological polar surface area (TPSA) is 0 Å². The molecule has 0 saturated heterocycles. The Kier molecular flexibility index (Phi) is 14.1. The number of rotatable bonds is 14. The van der Waals surface area contributed by atoms with Gasteiger partial charge in [0.25, 0.3) is 0 Å². The lowest BCUT2D eigenvalue weighted by Gasteiger charge is -2.29. The molecule has 0 heterocycles. The number of hydrogen-bond acceptors (Lipinski definition) is 0. The van der Waals surface area contributed by atoms with Crippen LogP contribution in [0.2, 0.25) is 39.3 Å². The normalized spacial score (nSPS) is 14.4. The van der Waals surface area contributed by atoms with Crippen molar-refractivity contribution in [3.63, 3.8) is 0 Å². The van der Waals surface area contributed by atoms with Crippen molar-refractivity contribution >= 4 is 71.4 Å². The number of fused-ring (bicyclic) bond motifs is 8. The van der Waals surface area contributed by atoms with Crippen LogP contribution in [0.4, 0.5) is 0 Å². The van der Waals surface area contributed by atoms with E-state index in [9.17, 15) is 0 Å². The molecule has 2 aliphatic carbocycles. The number of benzene rings is 11. The lowest BCUT2D eigenvalue weighted by atomic mass is 9.73. The summed E-state index contributed by atoms with van der Waals surface area (Å²) in [6, 6.07) is 88.8. The maximum absolute atomic E-state index is 2.50. The van der Waals surface area contributed by atoms with Crippen molar-refractivity contribution < 1.29 is 0 Å². The van der Waals surface area contributed by atoms with E-state index in [2.05, 4.69) is 310 Å². The summed E-state index contributed by atoms with van der Waals surface area (Å²) in [5, 5.41) is 7.97. The van der Waals surface area contributed by atoms with Gasteiger partial charge in [0.2, 0.25) is 0 Å². The molecule has 0 fully saturated rings. The summed E-state index contributed by atoms with van der Waals surface area (Å²) < 4.78 is 0. The average molecular weight is 1120 g/mol. The first-order chi connectivity index (χ1) is 40.7. The summed E-state index contributed by atoms with van der Waals surface area (Å²) >= 11 is 0. The lowest BCUT2D eigenvalue weighted by molar-refractivity contribution is 0.490. The molecule has 0 saturated carbocycles. The molecule has 0 unspecified atom stereocenters. The Morgan fingerprint density at radius 3 is 1.04 bits per heavy atom. The van der Waals surface area contributed by atoms with Gasteiger partial charge in [-0.2, -0.15) is 0 Å². The maximum atomic E-state index is 2.50. The average Bonchev–Trinajstić information content (AvgIpc) is 1.72. The first-order valence-corrected chi connectivity index (χ1v) is 38.0. The van der Waals surface area contributed by atoms with Gasteiger partial charge in [-0.1, -0.05) is 302 Å². The van der Waals surface area contributed by atoms with Crippen molar-refractivity contribution in [3.05, 3.63) is 286 Å². The molecule has 0 radical (unpaired) electrons. The van der Waals surface area contributed by atoms with E-state index in [1.807, 2.05) is 0 Å². The molecule has 13 rings (SSSR count). The van der Waals surface area contributed by atoms with Crippen LogP contribution in [0.5, 0.6) is 0 Å². The molecule has 2 heteroatoms. The fraction of sp³-hybridized carbons (Fsp3) is 0.195. The Labute approximate surface area is 502 Å². The van der Waals surface area contributed by atoms with Crippen molar-refractivity contribution in [2.24, 2.45) is 0 Å². The fourth-order valence-electron chi connectivity index (χ4n) is 14.8. The van der Waals surface area contributed by atoms with E-state index in [1.165, 1.54) is 143 Å². The van der Waals surface area contributed by atoms with Crippen molar-refractivity contribution in [1.82, 2.24) is 0 Å². The molecule has 0 amide bonds. The highest BCUT2D eigenvalue weighted by atomic mass is 28.3. The highest BCUT2D eigenvalue weighted by molar-refractivity contribution is 6.89. The summed E-state index contributed by atoms with van der Waals surface area (Å²) in [5.74, 6) is 0. The molecular weight excluding hydrogens is 1040 g/mol. The van der Waals surface area contributed by atoms with Crippen LogP contribution in [0.1, 0.15) is 109 Å². The minimum Gasteiger partial charge on any atom is -0.0656 e. The van der Waals surface area contributed by atoms with Crippen molar-refractivity contribution in [2.45, 2.75) is 103 Å². The minimum atomic E-state index is -1.51. The van der Waals surface area contributed by atoms with Crippen LogP contribution in [0.25, 0.3) is 89.4 Å². The summed E-state index contributed by atoms with van der Waals surface area (Å²) in [5.41, 5.74) is 26.3. The van der Waals surface area contributed by atoms with Crippen LogP contribution in [0.3, 0.4) is 0 Å². The van der Waals surface area contributed by atoms with Gasteiger partial charge in [0.1, 0.15) is 0 Å². The molecule has 414 valence electrons. The third kappa shape index (κ3) is 9.25. The SMILES string of the molecule is CCC1(CC)c2ccccc2-c2cc(C=C(c3ccc(-c4c5ccccc5c(-c5ccc(C(=Cc6ccc7c(c6)C(CC)(CC)c6ccccc6-7)c6ccc([Si](C)(C)C)cc6)cc5)c5ccccc45)cc3)c3ccc([Si](C)(C)C)cc3)ccc21. The van der Waals surface area contributed by atoms with Gasteiger partial charge in [0.15, 0.2) is 0 Å². The van der Waals surface area contributed by atoms with Gasteiger partial charge < -0.3 is 0 Å². The van der Waals surface area contributed by atoms with Gasteiger partial charge in [0, 0.05) is 10.8 Å². The second-order valence-corrected chi connectivity index (χ2v) is 36.2. The van der Waals surface area contributed by atoms with Crippen LogP contribution in [0, 0.1) is 0 Å². The Morgan fingerprint density at radius 1 is 0.310 bits per heavy atom. The Balaban J connectivity index is 0.900. The van der Waals surface area contributed by atoms with E-state index in [0.717, 1.165) is 25.7 Å². The van der Waals surface area contributed by atoms with Crippen LogP contribution in [-0.4, -0.2) is 16.1 Å².